The van der Waals surface area contributed by atoms with Crippen LogP contribution in [-0.2, 0) is 5.41 Å². The molecule has 2 aliphatic rings. The van der Waals surface area contributed by atoms with Crippen molar-refractivity contribution in [1.29, 1.82) is 0 Å². The maximum Gasteiger partial charge on any atom is 0.118 e. The van der Waals surface area contributed by atoms with Gasteiger partial charge in [0.1, 0.15) is 5.75 Å². The van der Waals surface area contributed by atoms with Crippen LogP contribution in [0.5, 0.6) is 5.75 Å². The standard InChI is InChI=1S/C21H32O/c1-16-4-6-17(7-5-16)18-12-14-21(2,15-13-18)19-8-10-20(22-3)11-9-19/h8-11,16-18H,4-7,12-15H2,1-3H3. The van der Waals surface area contributed by atoms with Gasteiger partial charge in [-0.25, -0.2) is 0 Å². The normalized spacial score (nSPS) is 36.0. The van der Waals surface area contributed by atoms with Crippen LogP contribution < -0.4 is 4.74 Å². The minimum atomic E-state index is 0.380. The van der Waals surface area contributed by atoms with Crippen LogP contribution >= 0.6 is 0 Å². The molecule has 0 saturated heterocycles. The minimum Gasteiger partial charge on any atom is -0.497 e. The molecule has 0 bridgehead atoms. The molecule has 2 fully saturated rings. The van der Waals surface area contributed by atoms with Crippen molar-refractivity contribution < 1.29 is 4.74 Å². The zero-order valence-corrected chi connectivity index (χ0v) is 14.6. The number of benzene rings is 1. The van der Waals surface area contributed by atoms with Crippen LogP contribution in [0.1, 0.15) is 70.8 Å². The molecule has 0 N–H and O–H groups in total. The summed E-state index contributed by atoms with van der Waals surface area (Å²) in [6.07, 6.45) is 11.5. The fraction of sp³-hybridized carbons (Fsp3) is 0.714. The van der Waals surface area contributed by atoms with Crippen molar-refractivity contribution in [3.63, 3.8) is 0 Å². The molecule has 0 heterocycles. The van der Waals surface area contributed by atoms with Crippen molar-refractivity contribution in [2.75, 3.05) is 7.11 Å². The maximum atomic E-state index is 5.29. The Kier molecular flexibility index (Phi) is 4.80. The van der Waals surface area contributed by atoms with Crippen molar-refractivity contribution in [2.24, 2.45) is 17.8 Å². The highest BCUT2D eigenvalue weighted by atomic mass is 16.5. The molecule has 0 unspecified atom stereocenters. The molecule has 1 aromatic carbocycles. The van der Waals surface area contributed by atoms with Gasteiger partial charge in [-0.1, -0.05) is 38.8 Å². The fourth-order valence-corrected chi connectivity index (χ4v) is 4.79. The highest BCUT2D eigenvalue weighted by molar-refractivity contribution is 5.32. The van der Waals surface area contributed by atoms with Crippen LogP contribution in [0.4, 0.5) is 0 Å². The van der Waals surface area contributed by atoms with Gasteiger partial charge in [0.2, 0.25) is 0 Å². The maximum absolute atomic E-state index is 5.29. The molecule has 2 aliphatic carbocycles. The SMILES string of the molecule is COc1ccc(C2(C)CCC(C3CCC(C)CC3)CC2)cc1. The summed E-state index contributed by atoms with van der Waals surface area (Å²) in [5.41, 5.74) is 1.88. The van der Waals surface area contributed by atoms with Gasteiger partial charge in [0.15, 0.2) is 0 Å². The van der Waals surface area contributed by atoms with Crippen LogP contribution in [0.15, 0.2) is 24.3 Å². The smallest absolute Gasteiger partial charge is 0.118 e. The lowest BCUT2D eigenvalue weighted by Gasteiger charge is -2.42. The van der Waals surface area contributed by atoms with E-state index in [1.807, 2.05) is 0 Å². The van der Waals surface area contributed by atoms with Crippen LogP contribution in [0.25, 0.3) is 0 Å². The first kappa shape index (κ1) is 15.9. The molecule has 0 atom stereocenters. The molecule has 0 radical (unpaired) electrons. The summed E-state index contributed by atoms with van der Waals surface area (Å²) in [4.78, 5) is 0. The molecular weight excluding hydrogens is 268 g/mol. The van der Waals surface area contributed by atoms with E-state index >= 15 is 0 Å². The zero-order chi connectivity index (χ0) is 15.6. The Morgan fingerprint density at radius 1 is 0.864 bits per heavy atom. The van der Waals surface area contributed by atoms with E-state index < -0.39 is 0 Å². The molecule has 1 aromatic rings. The largest absolute Gasteiger partial charge is 0.497 e. The molecule has 1 nitrogen and oxygen atoms in total. The van der Waals surface area contributed by atoms with Crippen molar-refractivity contribution in [2.45, 2.75) is 70.6 Å². The second kappa shape index (κ2) is 6.64. The van der Waals surface area contributed by atoms with Crippen molar-refractivity contribution in [1.82, 2.24) is 0 Å². The summed E-state index contributed by atoms with van der Waals surface area (Å²) in [7, 11) is 1.74. The molecule has 0 amide bonds. The van der Waals surface area contributed by atoms with E-state index in [0.717, 1.165) is 23.5 Å². The molecule has 0 aliphatic heterocycles. The zero-order valence-electron chi connectivity index (χ0n) is 14.6. The lowest BCUT2D eigenvalue weighted by atomic mass is 9.63. The third-order valence-electron chi connectivity index (χ3n) is 6.65. The first-order valence-electron chi connectivity index (χ1n) is 9.25. The summed E-state index contributed by atoms with van der Waals surface area (Å²) >= 11 is 0. The quantitative estimate of drug-likeness (QED) is 0.668. The average Bonchev–Trinajstić information content (AvgIpc) is 2.56. The number of ether oxygens (including phenoxy) is 1. The van der Waals surface area contributed by atoms with Gasteiger partial charge >= 0.3 is 0 Å². The molecule has 122 valence electrons. The third-order valence-corrected chi connectivity index (χ3v) is 6.65. The van der Waals surface area contributed by atoms with Crippen LogP contribution in [0, 0.1) is 17.8 Å². The monoisotopic (exact) mass is 300 g/mol. The van der Waals surface area contributed by atoms with Gasteiger partial charge < -0.3 is 4.74 Å². The Hall–Kier alpha value is -0.980. The van der Waals surface area contributed by atoms with E-state index in [4.69, 9.17) is 4.74 Å². The molecule has 1 heteroatoms. The van der Waals surface area contributed by atoms with Gasteiger partial charge in [-0.05, 0) is 79.4 Å². The average molecular weight is 300 g/mol. The minimum absolute atomic E-state index is 0.380. The van der Waals surface area contributed by atoms with E-state index in [1.165, 1.54) is 56.9 Å². The second-order valence-electron chi connectivity index (χ2n) is 8.15. The summed E-state index contributed by atoms with van der Waals surface area (Å²) in [5, 5.41) is 0. The van der Waals surface area contributed by atoms with E-state index in [9.17, 15) is 0 Å². The van der Waals surface area contributed by atoms with Gasteiger partial charge in [-0.3, -0.25) is 0 Å². The third kappa shape index (κ3) is 3.34. The molecular formula is C21H32O. The van der Waals surface area contributed by atoms with Crippen LogP contribution in [-0.4, -0.2) is 7.11 Å². The number of hydrogen-bond acceptors (Lipinski definition) is 1. The highest BCUT2D eigenvalue weighted by Crippen LogP contribution is 2.46. The van der Waals surface area contributed by atoms with Gasteiger partial charge in [-0.15, -0.1) is 0 Å². The van der Waals surface area contributed by atoms with E-state index in [1.54, 1.807) is 7.11 Å². The Labute approximate surface area is 136 Å². The summed E-state index contributed by atoms with van der Waals surface area (Å²) in [6.45, 7) is 4.89. The Morgan fingerprint density at radius 2 is 1.41 bits per heavy atom. The molecule has 0 aromatic heterocycles. The van der Waals surface area contributed by atoms with Crippen molar-refractivity contribution in [3.8, 4) is 5.75 Å². The van der Waals surface area contributed by atoms with Crippen molar-refractivity contribution in [3.05, 3.63) is 29.8 Å². The molecule has 22 heavy (non-hydrogen) atoms. The number of rotatable bonds is 3. The highest BCUT2D eigenvalue weighted by Gasteiger charge is 2.36. The molecule has 0 spiro atoms. The Balaban J connectivity index is 1.60. The van der Waals surface area contributed by atoms with Crippen LogP contribution in [0.2, 0.25) is 0 Å². The van der Waals surface area contributed by atoms with Gasteiger partial charge in [0.25, 0.3) is 0 Å². The predicted octanol–water partition coefficient (Wildman–Crippen LogP) is 5.97. The van der Waals surface area contributed by atoms with Gasteiger partial charge in [0, 0.05) is 0 Å². The summed E-state index contributed by atoms with van der Waals surface area (Å²) in [5.74, 6) is 3.97. The second-order valence-corrected chi connectivity index (χ2v) is 8.15. The van der Waals surface area contributed by atoms with Gasteiger partial charge in [-0.2, -0.15) is 0 Å². The van der Waals surface area contributed by atoms with E-state index in [2.05, 4.69) is 38.1 Å². The molecule has 2 saturated carbocycles. The Morgan fingerprint density at radius 3 is 1.95 bits per heavy atom. The van der Waals surface area contributed by atoms with E-state index in [-0.39, 0.29) is 0 Å². The molecule has 3 rings (SSSR count). The Bertz CT molecular complexity index is 459. The summed E-state index contributed by atoms with van der Waals surface area (Å²) in [6, 6.07) is 8.80. The first-order chi connectivity index (χ1) is 10.6. The fourth-order valence-electron chi connectivity index (χ4n) is 4.79. The summed E-state index contributed by atoms with van der Waals surface area (Å²) < 4.78 is 5.29. The lowest BCUT2D eigenvalue weighted by Crippen LogP contribution is -2.32. The van der Waals surface area contributed by atoms with E-state index in [0.29, 0.717) is 5.41 Å². The lowest BCUT2D eigenvalue weighted by molar-refractivity contribution is 0.141. The topological polar surface area (TPSA) is 9.23 Å². The predicted molar refractivity (Wildman–Crippen MR) is 93.4 cm³/mol. The van der Waals surface area contributed by atoms with Crippen molar-refractivity contribution >= 4 is 0 Å². The first-order valence-corrected chi connectivity index (χ1v) is 9.25. The van der Waals surface area contributed by atoms with Gasteiger partial charge in [0.05, 0.1) is 7.11 Å². The number of hydrogen-bond donors (Lipinski definition) is 0. The number of methoxy groups -OCH3 is 1. The van der Waals surface area contributed by atoms with Crippen LogP contribution in [0.3, 0.4) is 0 Å².